The molecule has 1 aromatic rings. The standard InChI is InChI=1S/C9H9O3S.K/c1-8(7-12-13(10)11)9-5-3-2-4-6-9;/h2-7H,1H3;/q-1;+1. The van der Waals surface area contributed by atoms with Gasteiger partial charge in [-0.05, 0) is 18.1 Å². The Labute approximate surface area is 128 Å². The van der Waals surface area contributed by atoms with Crippen LogP contribution in [-0.2, 0) is 23.6 Å². The summed E-state index contributed by atoms with van der Waals surface area (Å²) in [5.41, 5.74) is 1.71. The summed E-state index contributed by atoms with van der Waals surface area (Å²) in [4.78, 5) is 0. The van der Waals surface area contributed by atoms with Crippen molar-refractivity contribution in [1.82, 2.24) is 0 Å². The summed E-state index contributed by atoms with van der Waals surface area (Å²) in [6, 6.07) is 9.40. The van der Waals surface area contributed by atoms with Gasteiger partial charge in [0.1, 0.15) is 11.0 Å². The van der Waals surface area contributed by atoms with Crippen molar-refractivity contribution in [2.75, 3.05) is 0 Å². The van der Waals surface area contributed by atoms with Crippen LogP contribution in [0.4, 0.5) is 0 Å². The van der Waals surface area contributed by atoms with Crippen molar-refractivity contribution in [1.29, 1.82) is 0 Å². The molecule has 0 saturated heterocycles. The van der Waals surface area contributed by atoms with Gasteiger partial charge in [0.2, 0.25) is 0 Å². The second-order valence-electron chi connectivity index (χ2n) is 2.47. The first-order valence-electron chi connectivity index (χ1n) is 3.69. The molecule has 1 rings (SSSR count). The molecule has 0 N–H and O–H groups in total. The summed E-state index contributed by atoms with van der Waals surface area (Å²) >= 11 is 0. The van der Waals surface area contributed by atoms with E-state index >= 15 is 0 Å². The van der Waals surface area contributed by atoms with Gasteiger partial charge in [-0.25, -0.2) is 0 Å². The third-order valence-electron chi connectivity index (χ3n) is 1.53. The van der Waals surface area contributed by atoms with E-state index < -0.39 is 11.0 Å². The van der Waals surface area contributed by atoms with Gasteiger partial charge in [0, 0.05) is 0 Å². The fourth-order valence-electron chi connectivity index (χ4n) is 0.881. The molecule has 0 aliphatic rings. The Balaban J connectivity index is 0.00000169. The summed E-state index contributed by atoms with van der Waals surface area (Å²) in [6.45, 7) is 1.78. The third kappa shape index (κ3) is 5.28. The molecular weight excluding hydrogens is 227 g/mol. The first-order valence-corrected chi connectivity index (χ1v) is 4.69. The molecular formula is C9H9KO3S. The minimum absolute atomic E-state index is 0. The Kier molecular flexibility index (Phi) is 7.80. The van der Waals surface area contributed by atoms with Crippen molar-refractivity contribution in [2.45, 2.75) is 6.92 Å². The molecule has 0 bridgehead atoms. The number of rotatable bonds is 3. The second-order valence-corrected chi connectivity index (χ2v) is 3.07. The van der Waals surface area contributed by atoms with E-state index in [0.717, 1.165) is 11.1 Å². The minimum atomic E-state index is -2.49. The Hall–Kier alpha value is 0.346. The SMILES string of the molecule is CC(=CO[S-](=O)=O)c1ccccc1.[K+]. The van der Waals surface area contributed by atoms with E-state index in [9.17, 15) is 8.42 Å². The van der Waals surface area contributed by atoms with Gasteiger partial charge in [-0.1, -0.05) is 30.3 Å². The molecule has 14 heavy (non-hydrogen) atoms. The topological polar surface area (TPSA) is 43.4 Å². The molecule has 0 aliphatic heterocycles. The minimum Gasteiger partial charge on any atom is -0.538 e. The summed E-state index contributed by atoms with van der Waals surface area (Å²) in [5.74, 6) is 0. The predicted molar refractivity (Wildman–Crippen MR) is 49.9 cm³/mol. The van der Waals surface area contributed by atoms with E-state index in [1.54, 1.807) is 6.92 Å². The van der Waals surface area contributed by atoms with Gasteiger partial charge in [-0.3, -0.25) is 0 Å². The zero-order valence-electron chi connectivity index (χ0n) is 8.10. The van der Waals surface area contributed by atoms with Gasteiger partial charge in [-0.15, -0.1) is 0 Å². The van der Waals surface area contributed by atoms with Crippen LogP contribution < -0.4 is 51.4 Å². The molecule has 0 fully saturated rings. The fourth-order valence-corrected chi connectivity index (χ4v) is 1.10. The molecule has 0 saturated carbocycles. The number of hydrogen-bond acceptors (Lipinski definition) is 4. The van der Waals surface area contributed by atoms with E-state index in [4.69, 9.17) is 0 Å². The fraction of sp³-hybridized carbons (Fsp3) is 0.111. The molecule has 0 heterocycles. The number of benzene rings is 1. The van der Waals surface area contributed by atoms with Crippen LogP contribution in [0.3, 0.4) is 0 Å². The maximum Gasteiger partial charge on any atom is 1.00 e. The van der Waals surface area contributed by atoms with Crippen molar-refractivity contribution in [3.05, 3.63) is 42.2 Å². The Morgan fingerprint density at radius 1 is 1.29 bits per heavy atom. The van der Waals surface area contributed by atoms with Crippen molar-refractivity contribution >= 4 is 16.6 Å². The Morgan fingerprint density at radius 2 is 1.86 bits per heavy atom. The molecule has 0 spiro atoms. The number of hydrogen-bond donors (Lipinski definition) is 0. The third-order valence-corrected chi connectivity index (χ3v) is 1.79. The van der Waals surface area contributed by atoms with Gasteiger partial charge < -0.3 is 12.6 Å². The molecule has 3 nitrogen and oxygen atoms in total. The van der Waals surface area contributed by atoms with Crippen LogP contribution in [-0.4, -0.2) is 0 Å². The van der Waals surface area contributed by atoms with Crippen LogP contribution >= 0.6 is 0 Å². The van der Waals surface area contributed by atoms with E-state index in [-0.39, 0.29) is 51.4 Å². The Morgan fingerprint density at radius 3 is 2.36 bits per heavy atom. The molecule has 0 aromatic heterocycles. The quantitative estimate of drug-likeness (QED) is 0.396. The van der Waals surface area contributed by atoms with Gasteiger partial charge in [-0.2, -0.15) is 0 Å². The Bertz CT molecular complexity index is 363. The van der Waals surface area contributed by atoms with Gasteiger partial charge in [0.05, 0.1) is 6.26 Å². The van der Waals surface area contributed by atoms with E-state index in [1.807, 2.05) is 30.3 Å². The molecule has 5 heteroatoms. The van der Waals surface area contributed by atoms with E-state index in [2.05, 4.69) is 4.18 Å². The molecule has 70 valence electrons. The molecule has 0 unspecified atom stereocenters. The molecule has 0 atom stereocenters. The van der Waals surface area contributed by atoms with Crippen LogP contribution in [0.1, 0.15) is 12.5 Å². The van der Waals surface area contributed by atoms with Crippen molar-refractivity contribution in [3.63, 3.8) is 0 Å². The van der Waals surface area contributed by atoms with Crippen molar-refractivity contribution in [2.24, 2.45) is 0 Å². The van der Waals surface area contributed by atoms with E-state index in [1.165, 1.54) is 6.26 Å². The monoisotopic (exact) mass is 236 g/mol. The maximum atomic E-state index is 10.1. The first-order chi connectivity index (χ1) is 6.20. The molecule has 1 aromatic carbocycles. The zero-order valence-corrected chi connectivity index (χ0v) is 12.0. The first kappa shape index (κ1) is 14.3. The van der Waals surface area contributed by atoms with Crippen molar-refractivity contribution in [3.8, 4) is 0 Å². The van der Waals surface area contributed by atoms with Crippen LogP contribution in [0.5, 0.6) is 0 Å². The average Bonchev–Trinajstić information content (AvgIpc) is 2.15. The summed E-state index contributed by atoms with van der Waals surface area (Å²) in [5, 5.41) is 0. The van der Waals surface area contributed by atoms with Crippen LogP contribution in [0.15, 0.2) is 36.6 Å². The summed E-state index contributed by atoms with van der Waals surface area (Å²) < 4.78 is 24.4. The zero-order chi connectivity index (χ0) is 9.68. The predicted octanol–water partition coefficient (Wildman–Crippen LogP) is -0.708. The number of allylic oxidation sites excluding steroid dienone is 1. The largest absolute Gasteiger partial charge is 1.00 e. The van der Waals surface area contributed by atoms with Gasteiger partial charge >= 0.3 is 51.4 Å². The van der Waals surface area contributed by atoms with Crippen LogP contribution in [0.25, 0.3) is 5.57 Å². The summed E-state index contributed by atoms with van der Waals surface area (Å²) in [6.07, 6.45) is 1.21. The molecule has 0 radical (unpaired) electrons. The normalized spacial score (nSPS) is 10.9. The summed E-state index contributed by atoms with van der Waals surface area (Å²) in [7, 11) is -2.49. The second kappa shape index (κ2) is 7.61. The molecule has 0 amide bonds. The smallest absolute Gasteiger partial charge is 0.538 e. The van der Waals surface area contributed by atoms with Crippen LogP contribution in [0.2, 0.25) is 0 Å². The van der Waals surface area contributed by atoms with E-state index in [0.29, 0.717) is 0 Å². The van der Waals surface area contributed by atoms with Gasteiger partial charge in [0.15, 0.2) is 0 Å². The van der Waals surface area contributed by atoms with Gasteiger partial charge in [0.25, 0.3) is 0 Å². The average molecular weight is 236 g/mol. The maximum absolute atomic E-state index is 10.1. The molecule has 0 aliphatic carbocycles. The van der Waals surface area contributed by atoms with Crippen molar-refractivity contribution < 1.29 is 64.0 Å². The van der Waals surface area contributed by atoms with Crippen LogP contribution in [0, 0.1) is 0 Å².